The third kappa shape index (κ3) is 5.86. The zero-order valence-corrected chi connectivity index (χ0v) is 17.0. The van der Waals surface area contributed by atoms with Gasteiger partial charge in [0.05, 0.1) is 0 Å². The van der Waals surface area contributed by atoms with E-state index in [0.717, 1.165) is 17.2 Å². The number of nitrogens with one attached hydrogen (secondary N) is 1. The molecule has 1 aromatic rings. The van der Waals surface area contributed by atoms with E-state index in [-0.39, 0.29) is 11.8 Å². The van der Waals surface area contributed by atoms with Crippen molar-refractivity contribution in [1.29, 1.82) is 0 Å². The molecule has 4 heteroatoms. The lowest BCUT2D eigenvalue weighted by Crippen LogP contribution is -2.29. The van der Waals surface area contributed by atoms with Crippen LogP contribution in [0.1, 0.15) is 65.4 Å². The summed E-state index contributed by atoms with van der Waals surface area (Å²) in [7, 11) is 1.76. The molecule has 2 amide bonds. The highest BCUT2D eigenvalue weighted by Crippen LogP contribution is 2.40. The van der Waals surface area contributed by atoms with Crippen molar-refractivity contribution >= 4 is 17.5 Å². The second kappa shape index (κ2) is 8.70. The summed E-state index contributed by atoms with van der Waals surface area (Å²) in [5, 5.41) is 3.04. The number of benzene rings is 1. The second-order valence-corrected chi connectivity index (χ2v) is 8.81. The predicted molar refractivity (Wildman–Crippen MR) is 107 cm³/mol. The Morgan fingerprint density at radius 3 is 2.15 bits per heavy atom. The van der Waals surface area contributed by atoms with Gasteiger partial charge in [-0.25, -0.2) is 0 Å². The molecule has 1 saturated carbocycles. The lowest BCUT2D eigenvalue weighted by Gasteiger charge is -2.36. The molecule has 1 N–H and O–H groups in total. The molecule has 144 valence electrons. The number of anilines is 1. The van der Waals surface area contributed by atoms with Crippen LogP contribution in [0, 0.1) is 17.3 Å². The molecule has 0 aliphatic heterocycles. The Labute approximate surface area is 158 Å². The number of nitrogens with zero attached hydrogens (tertiary/aromatic N) is 1. The van der Waals surface area contributed by atoms with Gasteiger partial charge in [0.15, 0.2) is 0 Å². The average molecular weight is 359 g/mol. The molecule has 0 spiro atoms. The molecule has 1 aromatic carbocycles. The molecule has 0 atom stereocenters. The van der Waals surface area contributed by atoms with E-state index < -0.39 is 0 Å². The fraction of sp³-hybridized carbons (Fsp3) is 0.636. The van der Waals surface area contributed by atoms with Gasteiger partial charge in [-0.05, 0) is 60.6 Å². The minimum atomic E-state index is 0.00670. The highest BCUT2D eigenvalue weighted by Gasteiger charge is 2.30. The van der Waals surface area contributed by atoms with E-state index in [1.807, 2.05) is 24.3 Å². The van der Waals surface area contributed by atoms with E-state index in [1.54, 1.807) is 18.9 Å². The largest absolute Gasteiger partial charge is 0.352 e. The van der Waals surface area contributed by atoms with Gasteiger partial charge in [-0.15, -0.1) is 0 Å². The van der Waals surface area contributed by atoms with Crippen molar-refractivity contribution in [2.24, 2.45) is 17.3 Å². The molecular weight excluding hydrogens is 324 g/mol. The van der Waals surface area contributed by atoms with Gasteiger partial charge in [-0.3, -0.25) is 9.59 Å². The minimum Gasteiger partial charge on any atom is -0.352 e. The first-order valence-corrected chi connectivity index (χ1v) is 9.76. The molecule has 0 heterocycles. The van der Waals surface area contributed by atoms with E-state index in [0.29, 0.717) is 24.3 Å². The maximum absolute atomic E-state index is 12.3. The summed E-state index contributed by atoms with van der Waals surface area (Å²) in [5.41, 5.74) is 2.30. The van der Waals surface area contributed by atoms with Crippen LogP contribution in [-0.4, -0.2) is 18.9 Å². The summed E-state index contributed by atoms with van der Waals surface area (Å²) in [6.07, 6.45) is 5.46. The number of hydrogen-bond acceptors (Lipinski definition) is 2. The summed E-state index contributed by atoms with van der Waals surface area (Å²) in [6, 6.07) is 7.75. The van der Waals surface area contributed by atoms with Crippen LogP contribution in [0.3, 0.4) is 0 Å². The standard InChI is InChI=1S/C22H34N2O2/c1-16(25)24(5)20-12-8-18(9-13-20)15-23-21(26)14-17-6-10-19(11-7-17)22(2,3)4/h8-9,12-13,17,19H,6-7,10-11,14-15H2,1-5H3,(H,23,26). The van der Waals surface area contributed by atoms with Crippen molar-refractivity contribution in [2.75, 3.05) is 11.9 Å². The highest BCUT2D eigenvalue weighted by molar-refractivity contribution is 5.90. The number of carbonyl (C=O) groups is 2. The van der Waals surface area contributed by atoms with Crippen LogP contribution < -0.4 is 10.2 Å². The Bertz CT molecular complexity index is 608. The Morgan fingerprint density at radius 1 is 1.08 bits per heavy atom. The fourth-order valence-corrected chi connectivity index (χ4v) is 3.79. The number of rotatable bonds is 5. The van der Waals surface area contributed by atoms with Crippen LogP contribution in [0.2, 0.25) is 0 Å². The molecular formula is C22H34N2O2. The molecule has 0 aromatic heterocycles. The van der Waals surface area contributed by atoms with Gasteiger partial charge in [0.1, 0.15) is 0 Å². The lowest BCUT2D eigenvalue weighted by molar-refractivity contribution is -0.122. The number of amides is 2. The molecule has 26 heavy (non-hydrogen) atoms. The Kier molecular flexibility index (Phi) is 6.85. The summed E-state index contributed by atoms with van der Waals surface area (Å²) in [6.45, 7) is 9.06. The lowest BCUT2D eigenvalue weighted by atomic mass is 9.69. The van der Waals surface area contributed by atoms with Crippen LogP contribution in [-0.2, 0) is 16.1 Å². The molecule has 1 aliphatic carbocycles. The Balaban J connectivity index is 1.75. The molecule has 0 saturated heterocycles. The predicted octanol–water partition coefficient (Wildman–Crippen LogP) is 4.53. The van der Waals surface area contributed by atoms with Crippen LogP contribution in [0.5, 0.6) is 0 Å². The highest BCUT2D eigenvalue weighted by atomic mass is 16.2. The monoisotopic (exact) mass is 358 g/mol. The Morgan fingerprint density at radius 2 is 1.65 bits per heavy atom. The van der Waals surface area contributed by atoms with Gasteiger partial charge in [-0.1, -0.05) is 32.9 Å². The Hall–Kier alpha value is -1.84. The minimum absolute atomic E-state index is 0.00670. The zero-order chi connectivity index (χ0) is 19.3. The van der Waals surface area contributed by atoms with Crippen LogP contribution in [0.4, 0.5) is 5.69 Å². The first-order chi connectivity index (χ1) is 12.2. The SMILES string of the molecule is CC(=O)N(C)c1ccc(CNC(=O)CC2CCC(C(C)(C)C)CC2)cc1. The van der Waals surface area contributed by atoms with Crippen molar-refractivity contribution in [3.05, 3.63) is 29.8 Å². The first-order valence-electron chi connectivity index (χ1n) is 9.76. The topological polar surface area (TPSA) is 49.4 Å². The summed E-state index contributed by atoms with van der Waals surface area (Å²) in [5.74, 6) is 1.47. The van der Waals surface area contributed by atoms with Gasteiger partial charge in [0.2, 0.25) is 11.8 Å². The summed E-state index contributed by atoms with van der Waals surface area (Å²) >= 11 is 0. The number of carbonyl (C=O) groups excluding carboxylic acids is 2. The van der Waals surface area contributed by atoms with E-state index in [4.69, 9.17) is 0 Å². The van der Waals surface area contributed by atoms with E-state index in [1.165, 1.54) is 25.7 Å². The maximum Gasteiger partial charge on any atom is 0.223 e. The van der Waals surface area contributed by atoms with Gasteiger partial charge in [-0.2, -0.15) is 0 Å². The average Bonchev–Trinajstić information content (AvgIpc) is 2.59. The van der Waals surface area contributed by atoms with Gasteiger partial charge >= 0.3 is 0 Å². The fourth-order valence-electron chi connectivity index (χ4n) is 3.79. The summed E-state index contributed by atoms with van der Waals surface area (Å²) in [4.78, 5) is 25.2. The van der Waals surface area contributed by atoms with Crippen molar-refractivity contribution in [1.82, 2.24) is 5.32 Å². The smallest absolute Gasteiger partial charge is 0.223 e. The van der Waals surface area contributed by atoms with Crippen molar-refractivity contribution in [3.8, 4) is 0 Å². The molecule has 1 aliphatic rings. The third-order valence-electron chi connectivity index (χ3n) is 5.83. The van der Waals surface area contributed by atoms with Gasteiger partial charge < -0.3 is 10.2 Å². The molecule has 2 rings (SSSR count). The third-order valence-corrected chi connectivity index (χ3v) is 5.83. The van der Waals surface area contributed by atoms with Crippen LogP contribution in [0.25, 0.3) is 0 Å². The van der Waals surface area contributed by atoms with Crippen molar-refractivity contribution < 1.29 is 9.59 Å². The zero-order valence-electron chi connectivity index (χ0n) is 17.0. The quantitative estimate of drug-likeness (QED) is 0.841. The molecule has 0 radical (unpaired) electrons. The number of hydrogen-bond donors (Lipinski definition) is 1. The van der Waals surface area contributed by atoms with Crippen molar-refractivity contribution in [3.63, 3.8) is 0 Å². The normalized spacial score (nSPS) is 20.5. The maximum atomic E-state index is 12.3. The van der Waals surface area contributed by atoms with E-state index in [2.05, 4.69) is 26.1 Å². The van der Waals surface area contributed by atoms with Gasteiger partial charge in [0, 0.05) is 32.6 Å². The van der Waals surface area contributed by atoms with Gasteiger partial charge in [0.25, 0.3) is 0 Å². The molecule has 1 fully saturated rings. The van der Waals surface area contributed by atoms with Crippen molar-refractivity contribution in [2.45, 2.75) is 66.3 Å². The molecule has 4 nitrogen and oxygen atoms in total. The van der Waals surface area contributed by atoms with E-state index >= 15 is 0 Å². The van der Waals surface area contributed by atoms with Crippen LogP contribution >= 0.6 is 0 Å². The summed E-state index contributed by atoms with van der Waals surface area (Å²) < 4.78 is 0. The molecule has 0 bridgehead atoms. The molecule has 0 unspecified atom stereocenters. The van der Waals surface area contributed by atoms with E-state index in [9.17, 15) is 9.59 Å². The van der Waals surface area contributed by atoms with Crippen LogP contribution in [0.15, 0.2) is 24.3 Å². The second-order valence-electron chi connectivity index (χ2n) is 8.81. The first kappa shape index (κ1) is 20.5.